The third-order valence-corrected chi connectivity index (χ3v) is 5.64. The van der Waals surface area contributed by atoms with Crippen LogP contribution in [0.4, 0.5) is 4.39 Å². The highest BCUT2D eigenvalue weighted by atomic mass is 32.1. The van der Waals surface area contributed by atoms with E-state index in [1.807, 2.05) is 12.3 Å². The molecule has 0 spiro atoms. The SMILES string of the molecule is Cc1nc(CN2C[C@@H](F)C[C@H]2CN(C)C(=O)C[C@H]2COC(=O)C2)cs1. The van der Waals surface area contributed by atoms with Gasteiger partial charge in [-0.3, -0.25) is 14.5 Å². The molecule has 3 atom stereocenters. The van der Waals surface area contributed by atoms with Crippen molar-refractivity contribution in [3.63, 3.8) is 0 Å². The maximum atomic E-state index is 13.9. The lowest BCUT2D eigenvalue weighted by atomic mass is 10.0. The molecule has 2 fully saturated rings. The Bertz CT molecular complexity index is 638. The van der Waals surface area contributed by atoms with Crippen molar-refractivity contribution in [3.8, 4) is 0 Å². The molecule has 138 valence electrons. The second-order valence-corrected chi connectivity index (χ2v) is 8.07. The number of nitrogens with zero attached hydrogens (tertiary/aromatic N) is 3. The van der Waals surface area contributed by atoms with E-state index in [-0.39, 0.29) is 23.8 Å². The fourth-order valence-electron chi connectivity index (χ4n) is 3.51. The van der Waals surface area contributed by atoms with Crippen LogP contribution in [0.1, 0.15) is 30.0 Å². The molecule has 0 aromatic carbocycles. The molecule has 1 aromatic heterocycles. The van der Waals surface area contributed by atoms with Crippen LogP contribution in [0.2, 0.25) is 0 Å². The molecular weight excluding hydrogens is 345 g/mol. The maximum Gasteiger partial charge on any atom is 0.306 e. The van der Waals surface area contributed by atoms with Crippen LogP contribution in [0.25, 0.3) is 0 Å². The molecule has 1 aromatic rings. The molecule has 0 unspecified atom stereocenters. The van der Waals surface area contributed by atoms with Gasteiger partial charge in [-0.25, -0.2) is 9.37 Å². The highest BCUT2D eigenvalue weighted by Crippen LogP contribution is 2.25. The number of rotatable bonds is 6. The summed E-state index contributed by atoms with van der Waals surface area (Å²) in [5.41, 5.74) is 0.956. The van der Waals surface area contributed by atoms with Crippen LogP contribution in [-0.2, 0) is 20.9 Å². The van der Waals surface area contributed by atoms with Gasteiger partial charge in [0.2, 0.25) is 5.91 Å². The van der Waals surface area contributed by atoms with Gasteiger partial charge in [0, 0.05) is 50.4 Å². The van der Waals surface area contributed by atoms with Gasteiger partial charge in [0.1, 0.15) is 6.17 Å². The van der Waals surface area contributed by atoms with Crippen molar-refractivity contribution in [2.45, 2.75) is 44.9 Å². The molecule has 25 heavy (non-hydrogen) atoms. The topological polar surface area (TPSA) is 62.7 Å². The van der Waals surface area contributed by atoms with Crippen molar-refractivity contribution < 1.29 is 18.7 Å². The van der Waals surface area contributed by atoms with Crippen LogP contribution in [0.3, 0.4) is 0 Å². The molecule has 2 saturated heterocycles. The molecule has 8 heteroatoms. The minimum Gasteiger partial charge on any atom is -0.465 e. The standard InChI is InChI=1S/C17H24FN3O3S/c1-11-19-14(10-25-11)7-21-6-13(18)5-15(21)8-20(2)16(22)3-12-4-17(23)24-9-12/h10,12-13,15H,3-9H2,1-2H3/t12-,13+,15+/m1/s1. The van der Waals surface area contributed by atoms with E-state index in [2.05, 4.69) is 9.88 Å². The molecule has 3 rings (SSSR count). The number of carbonyl (C=O) groups excluding carboxylic acids is 2. The zero-order chi connectivity index (χ0) is 18.0. The molecule has 0 saturated carbocycles. The van der Waals surface area contributed by atoms with E-state index in [0.717, 1.165) is 10.7 Å². The molecular formula is C17H24FN3O3S. The summed E-state index contributed by atoms with van der Waals surface area (Å²) >= 11 is 1.59. The summed E-state index contributed by atoms with van der Waals surface area (Å²) in [6, 6.07) is -0.00702. The van der Waals surface area contributed by atoms with Crippen LogP contribution in [0.15, 0.2) is 5.38 Å². The number of alkyl halides is 1. The van der Waals surface area contributed by atoms with Gasteiger partial charge in [0.15, 0.2) is 0 Å². The molecule has 0 radical (unpaired) electrons. The third kappa shape index (κ3) is 4.76. The number of thiazole rings is 1. The Morgan fingerprint density at radius 1 is 1.56 bits per heavy atom. The second kappa shape index (κ2) is 7.78. The van der Waals surface area contributed by atoms with Crippen LogP contribution in [-0.4, -0.2) is 65.6 Å². The van der Waals surface area contributed by atoms with Crippen molar-refractivity contribution in [1.29, 1.82) is 0 Å². The van der Waals surface area contributed by atoms with Crippen molar-refractivity contribution in [1.82, 2.24) is 14.8 Å². The first-order valence-corrected chi connectivity index (χ1v) is 9.47. The van der Waals surface area contributed by atoms with E-state index in [1.165, 1.54) is 0 Å². The lowest BCUT2D eigenvalue weighted by Gasteiger charge is -2.28. The van der Waals surface area contributed by atoms with Crippen LogP contribution < -0.4 is 0 Å². The zero-order valence-electron chi connectivity index (χ0n) is 14.6. The average molecular weight is 369 g/mol. The van der Waals surface area contributed by atoms with Gasteiger partial charge in [-0.05, 0) is 13.3 Å². The van der Waals surface area contributed by atoms with E-state index in [0.29, 0.717) is 45.5 Å². The predicted octanol–water partition coefficient (Wildman–Crippen LogP) is 1.78. The van der Waals surface area contributed by atoms with Crippen molar-refractivity contribution in [2.24, 2.45) is 5.92 Å². The first kappa shape index (κ1) is 18.3. The number of hydrogen-bond donors (Lipinski definition) is 0. The molecule has 0 N–H and O–H groups in total. The van der Waals surface area contributed by atoms with Crippen LogP contribution in [0, 0.1) is 12.8 Å². The Kier molecular flexibility index (Phi) is 5.68. The number of likely N-dealkylation sites (tertiary alicyclic amines) is 1. The summed E-state index contributed by atoms with van der Waals surface area (Å²) in [5, 5.41) is 3.01. The van der Waals surface area contributed by atoms with Gasteiger partial charge in [-0.15, -0.1) is 11.3 Å². The summed E-state index contributed by atoms with van der Waals surface area (Å²) in [4.78, 5) is 31.7. The molecule has 0 bridgehead atoms. The third-order valence-electron chi connectivity index (χ3n) is 4.82. The molecule has 1 amide bonds. The van der Waals surface area contributed by atoms with E-state index in [4.69, 9.17) is 4.74 Å². The number of aromatic nitrogens is 1. The largest absolute Gasteiger partial charge is 0.465 e. The number of aryl methyl sites for hydroxylation is 1. The first-order valence-electron chi connectivity index (χ1n) is 8.59. The predicted molar refractivity (Wildman–Crippen MR) is 91.9 cm³/mol. The fraction of sp³-hybridized carbons (Fsp3) is 0.706. The smallest absolute Gasteiger partial charge is 0.306 e. The van der Waals surface area contributed by atoms with Crippen molar-refractivity contribution >= 4 is 23.2 Å². The Morgan fingerprint density at radius 3 is 3.00 bits per heavy atom. The minimum atomic E-state index is -0.867. The Hall–Kier alpha value is -1.54. The second-order valence-electron chi connectivity index (χ2n) is 7.01. The summed E-state index contributed by atoms with van der Waals surface area (Å²) < 4.78 is 18.8. The van der Waals surface area contributed by atoms with E-state index >= 15 is 0 Å². The molecule has 6 nitrogen and oxygen atoms in total. The number of cyclic esters (lactones) is 1. The van der Waals surface area contributed by atoms with Crippen molar-refractivity contribution in [3.05, 3.63) is 16.1 Å². The molecule has 2 aliphatic rings. The van der Waals surface area contributed by atoms with Crippen LogP contribution >= 0.6 is 11.3 Å². The first-order chi connectivity index (χ1) is 11.9. The number of amides is 1. The molecule has 3 heterocycles. The van der Waals surface area contributed by atoms with E-state index < -0.39 is 6.17 Å². The number of carbonyl (C=O) groups is 2. The Labute approximate surface area is 151 Å². The Balaban J connectivity index is 1.53. The van der Waals surface area contributed by atoms with Gasteiger partial charge >= 0.3 is 5.97 Å². The molecule has 2 aliphatic heterocycles. The number of ether oxygens (including phenoxy) is 1. The molecule has 0 aliphatic carbocycles. The van der Waals surface area contributed by atoms with Crippen LogP contribution in [0.5, 0.6) is 0 Å². The normalized spacial score (nSPS) is 26.8. The number of halogens is 1. The van der Waals surface area contributed by atoms with Gasteiger partial charge in [0.25, 0.3) is 0 Å². The highest BCUT2D eigenvalue weighted by Gasteiger charge is 2.34. The summed E-state index contributed by atoms with van der Waals surface area (Å²) in [7, 11) is 1.75. The minimum absolute atomic E-state index is 0.00702. The van der Waals surface area contributed by atoms with Gasteiger partial charge in [-0.1, -0.05) is 0 Å². The number of likely N-dealkylation sites (N-methyl/N-ethyl adjacent to an activating group) is 1. The van der Waals surface area contributed by atoms with Gasteiger partial charge < -0.3 is 9.64 Å². The quantitative estimate of drug-likeness (QED) is 0.715. The fourth-order valence-corrected chi connectivity index (χ4v) is 4.11. The summed E-state index contributed by atoms with van der Waals surface area (Å²) in [5.74, 6) is -0.287. The highest BCUT2D eigenvalue weighted by molar-refractivity contribution is 7.09. The summed E-state index contributed by atoms with van der Waals surface area (Å²) in [6.07, 6.45) is 0.185. The lowest BCUT2D eigenvalue weighted by Crippen LogP contribution is -2.41. The zero-order valence-corrected chi connectivity index (χ0v) is 15.4. The Morgan fingerprint density at radius 2 is 2.36 bits per heavy atom. The van der Waals surface area contributed by atoms with E-state index in [9.17, 15) is 14.0 Å². The summed E-state index contributed by atoms with van der Waals surface area (Å²) in [6.45, 7) is 3.77. The van der Waals surface area contributed by atoms with Gasteiger partial charge in [-0.2, -0.15) is 0 Å². The number of hydrogen-bond acceptors (Lipinski definition) is 6. The van der Waals surface area contributed by atoms with Crippen molar-refractivity contribution in [2.75, 3.05) is 26.7 Å². The lowest BCUT2D eigenvalue weighted by molar-refractivity contribution is -0.138. The maximum absolute atomic E-state index is 13.9. The average Bonchev–Trinajstić information content (AvgIpc) is 3.22. The monoisotopic (exact) mass is 369 g/mol. The number of esters is 1. The van der Waals surface area contributed by atoms with E-state index in [1.54, 1.807) is 23.3 Å². The van der Waals surface area contributed by atoms with Gasteiger partial charge in [0.05, 0.1) is 23.7 Å².